The quantitative estimate of drug-likeness (QED) is 0.803. The van der Waals surface area contributed by atoms with Gasteiger partial charge >= 0.3 is 6.09 Å². The first kappa shape index (κ1) is 20.6. The van der Waals surface area contributed by atoms with Crippen LogP contribution in [-0.2, 0) is 16.1 Å². The minimum Gasteiger partial charge on any atom is -0.508 e. The van der Waals surface area contributed by atoms with Crippen molar-refractivity contribution in [2.75, 3.05) is 19.7 Å². The van der Waals surface area contributed by atoms with E-state index < -0.39 is 6.09 Å². The zero-order valence-corrected chi connectivity index (χ0v) is 16.0. The number of rotatable bonds is 5. The number of carbonyl (C=O) groups is 2. The fourth-order valence-corrected chi connectivity index (χ4v) is 2.93. The standard InChI is InChI=1S/C21H23FN2O5/c1-14-12-28-19(10-23-20(26)16-4-8-18(25)9-5-16)11-24(14)21(27)29-13-15-2-6-17(22)7-3-15/h2-9,14,19,25H,10-13H2,1H3,(H,23,26). The van der Waals surface area contributed by atoms with Gasteiger partial charge in [-0.2, -0.15) is 0 Å². The Morgan fingerprint density at radius 2 is 1.90 bits per heavy atom. The topological polar surface area (TPSA) is 88.1 Å². The molecule has 0 aliphatic carbocycles. The highest BCUT2D eigenvalue weighted by Crippen LogP contribution is 2.15. The van der Waals surface area contributed by atoms with Gasteiger partial charge in [-0.05, 0) is 48.9 Å². The number of phenolic OH excluding ortho intramolecular Hbond substituents is 1. The van der Waals surface area contributed by atoms with Gasteiger partial charge in [0.25, 0.3) is 5.91 Å². The summed E-state index contributed by atoms with van der Waals surface area (Å²) in [6.45, 7) is 2.73. The molecule has 2 unspecified atom stereocenters. The van der Waals surface area contributed by atoms with E-state index in [1.165, 1.54) is 36.4 Å². The smallest absolute Gasteiger partial charge is 0.410 e. The van der Waals surface area contributed by atoms with E-state index in [2.05, 4.69) is 5.32 Å². The summed E-state index contributed by atoms with van der Waals surface area (Å²) in [6, 6.07) is 11.5. The Morgan fingerprint density at radius 1 is 1.21 bits per heavy atom. The lowest BCUT2D eigenvalue weighted by Crippen LogP contribution is -2.53. The van der Waals surface area contributed by atoms with Crippen molar-refractivity contribution in [2.24, 2.45) is 0 Å². The lowest BCUT2D eigenvalue weighted by Gasteiger charge is -2.37. The SMILES string of the molecule is CC1COC(CNC(=O)c2ccc(O)cc2)CN1C(=O)OCc1ccc(F)cc1. The molecule has 1 fully saturated rings. The summed E-state index contributed by atoms with van der Waals surface area (Å²) >= 11 is 0. The van der Waals surface area contributed by atoms with Crippen molar-refractivity contribution in [2.45, 2.75) is 25.7 Å². The summed E-state index contributed by atoms with van der Waals surface area (Å²) in [5, 5.41) is 12.1. The average Bonchev–Trinajstić information content (AvgIpc) is 2.72. The molecule has 2 atom stereocenters. The fourth-order valence-electron chi connectivity index (χ4n) is 2.93. The molecule has 0 saturated carbocycles. The molecule has 1 aliphatic heterocycles. The van der Waals surface area contributed by atoms with E-state index in [0.717, 1.165) is 0 Å². The third-order valence-corrected chi connectivity index (χ3v) is 4.64. The number of carbonyl (C=O) groups excluding carboxylic acids is 2. The summed E-state index contributed by atoms with van der Waals surface area (Å²) in [6.07, 6.45) is -0.856. The van der Waals surface area contributed by atoms with E-state index in [4.69, 9.17) is 9.47 Å². The average molecular weight is 402 g/mol. The molecule has 0 spiro atoms. The lowest BCUT2D eigenvalue weighted by molar-refractivity contribution is -0.0524. The lowest BCUT2D eigenvalue weighted by atomic mass is 10.2. The molecule has 0 aromatic heterocycles. The molecule has 1 aliphatic rings. The monoisotopic (exact) mass is 402 g/mol. The predicted molar refractivity (Wildman–Crippen MR) is 103 cm³/mol. The van der Waals surface area contributed by atoms with Gasteiger partial charge in [-0.3, -0.25) is 4.79 Å². The minimum absolute atomic E-state index is 0.0471. The highest BCUT2D eigenvalue weighted by molar-refractivity contribution is 5.94. The molecular formula is C21H23FN2O5. The van der Waals surface area contributed by atoms with Crippen molar-refractivity contribution >= 4 is 12.0 Å². The maximum absolute atomic E-state index is 13.0. The molecule has 2 aromatic rings. The van der Waals surface area contributed by atoms with Crippen LogP contribution in [0.25, 0.3) is 0 Å². The molecule has 2 N–H and O–H groups in total. The number of benzene rings is 2. The molecule has 7 nitrogen and oxygen atoms in total. The molecule has 8 heteroatoms. The van der Waals surface area contributed by atoms with Crippen molar-refractivity contribution in [1.82, 2.24) is 10.2 Å². The number of aromatic hydroxyl groups is 1. The Morgan fingerprint density at radius 3 is 2.59 bits per heavy atom. The highest BCUT2D eigenvalue weighted by Gasteiger charge is 2.31. The van der Waals surface area contributed by atoms with Crippen molar-refractivity contribution < 1.29 is 28.6 Å². The molecule has 2 aromatic carbocycles. The van der Waals surface area contributed by atoms with Crippen LogP contribution in [0.4, 0.5) is 9.18 Å². The second-order valence-corrected chi connectivity index (χ2v) is 6.89. The van der Waals surface area contributed by atoms with E-state index in [0.29, 0.717) is 17.7 Å². The Hall–Kier alpha value is -3.13. The van der Waals surface area contributed by atoms with E-state index in [1.807, 2.05) is 6.92 Å². The largest absolute Gasteiger partial charge is 0.508 e. The molecule has 3 rings (SSSR count). The second-order valence-electron chi connectivity index (χ2n) is 6.89. The molecule has 154 valence electrons. The van der Waals surface area contributed by atoms with Gasteiger partial charge < -0.3 is 24.8 Å². The van der Waals surface area contributed by atoms with Crippen LogP contribution in [0.5, 0.6) is 5.75 Å². The normalized spacial score (nSPS) is 18.9. The molecule has 0 bridgehead atoms. The molecule has 2 amide bonds. The van der Waals surface area contributed by atoms with Gasteiger partial charge in [0.1, 0.15) is 18.2 Å². The fraction of sp³-hybridized carbons (Fsp3) is 0.333. The second kappa shape index (κ2) is 9.38. The van der Waals surface area contributed by atoms with E-state index in [9.17, 15) is 19.1 Å². The number of morpholine rings is 1. The molecule has 29 heavy (non-hydrogen) atoms. The van der Waals surface area contributed by atoms with E-state index in [-0.39, 0.29) is 49.3 Å². The maximum Gasteiger partial charge on any atom is 0.410 e. The van der Waals surface area contributed by atoms with Crippen LogP contribution in [0.1, 0.15) is 22.8 Å². The van der Waals surface area contributed by atoms with Gasteiger partial charge in [-0.25, -0.2) is 9.18 Å². The number of ether oxygens (including phenoxy) is 2. The number of halogens is 1. The predicted octanol–water partition coefficient (Wildman–Crippen LogP) is 2.69. The van der Waals surface area contributed by atoms with E-state index in [1.54, 1.807) is 17.0 Å². The van der Waals surface area contributed by atoms with Gasteiger partial charge in [0.05, 0.1) is 25.3 Å². The zero-order valence-electron chi connectivity index (χ0n) is 16.0. The van der Waals surface area contributed by atoms with Crippen LogP contribution >= 0.6 is 0 Å². The van der Waals surface area contributed by atoms with Crippen LogP contribution in [0.3, 0.4) is 0 Å². The van der Waals surface area contributed by atoms with Crippen molar-refractivity contribution in [3.8, 4) is 5.75 Å². The molecular weight excluding hydrogens is 379 g/mol. The number of amides is 2. The van der Waals surface area contributed by atoms with E-state index >= 15 is 0 Å². The minimum atomic E-state index is -0.486. The molecule has 1 heterocycles. The van der Waals surface area contributed by atoms with Crippen LogP contribution in [0.15, 0.2) is 48.5 Å². The number of hydrogen-bond acceptors (Lipinski definition) is 5. The number of nitrogens with zero attached hydrogens (tertiary/aromatic N) is 1. The van der Waals surface area contributed by atoms with Gasteiger partial charge in [0.2, 0.25) is 0 Å². The maximum atomic E-state index is 13.0. The summed E-state index contributed by atoms with van der Waals surface area (Å²) in [7, 11) is 0. The van der Waals surface area contributed by atoms with Crippen LogP contribution in [-0.4, -0.2) is 53.8 Å². The Kier molecular flexibility index (Phi) is 6.66. The van der Waals surface area contributed by atoms with Crippen LogP contribution in [0, 0.1) is 5.82 Å². The summed E-state index contributed by atoms with van der Waals surface area (Å²) in [5.74, 6) is -0.558. The Labute approximate surface area is 168 Å². The first-order valence-corrected chi connectivity index (χ1v) is 9.29. The van der Waals surface area contributed by atoms with Crippen molar-refractivity contribution in [3.05, 3.63) is 65.5 Å². The zero-order chi connectivity index (χ0) is 20.8. The van der Waals surface area contributed by atoms with Crippen molar-refractivity contribution in [3.63, 3.8) is 0 Å². The summed E-state index contributed by atoms with van der Waals surface area (Å²) in [4.78, 5) is 26.2. The van der Waals surface area contributed by atoms with Crippen LogP contribution < -0.4 is 5.32 Å². The Bertz CT molecular complexity index is 841. The molecule has 0 radical (unpaired) electrons. The van der Waals surface area contributed by atoms with Crippen LogP contribution in [0.2, 0.25) is 0 Å². The number of phenols is 1. The number of nitrogens with one attached hydrogen (secondary N) is 1. The molecule has 1 saturated heterocycles. The summed E-state index contributed by atoms with van der Waals surface area (Å²) in [5.41, 5.74) is 1.11. The van der Waals surface area contributed by atoms with Gasteiger partial charge in [-0.1, -0.05) is 12.1 Å². The summed E-state index contributed by atoms with van der Waals surface area (Å²) < 4.78 is 24.0. The third-order valence-electron chi connectivity index (χ3n) is 4.64. The van der Waals surface area contributed by atoms with Gasteiger partial charge in [0, 0.05) is 12.1 Å². The van der Waals surface area contributed by atoms with Crippen molar-refractivity contribution in [1.29, 1.82) is 0 Å². The van der Waals surface area contributed by atoms with Gasteiger partial charge in [0.15, 0.2) is 0 Å². The third kappa shape index (κ3) is 5.68. The first-order valence-electron chi connectivity index (χ1n) is 9.29. The number of hydrogen-bond donors (Lipinski definition) is 2. The van der Waals surface area contributed by atoms with Gasteiger partial charge in [-0.15, -0.1) is 0 Å². The first-order chi connectivity index (χ1) is 13.9. The highest BCUT2D eigenvalue weighted by atomic mass is 19.1. The Balaban J connectivity index is 1.49.